The predicted molar refractivity (Wildman–Crippen MR) is 122 cm³/mol. The van der Waals surface area contributed by atoms with Crippen LogP contribution in [0.3, 0.4) is 0 Å². The Hall–Kier alpha value is -2.38. The lowest BCUT2D eigenvalue weighted by Crippen LogP contribution is -2.43. The van der Waals surface area contributed by atoms with Gasteiger partial charge in [0, 0.05) is 25.6 Å². The first-order chi connectivity index (χ1) is 14.9. The van der Waals surface area contributed by atoms with Gasteiger partial charge < -0.3 is 10.1 Å². The number of piperidine rings is 1. The minimum atomic E-state index is -3.37. The highest BCUT2D eigenvalue weighted by Gasteiger charge is 2.31. The second-order valence-corrected chi connectivity index (χ2v) is 10.1. The Morgan fingerprint density at radius 3 is 2.58 bits per heavy atom. The van der Waals surface area contributed by atoms with E-state index in [-0.39, 0.29) is 17.6 Å². The molecule has 1 aliphatic heterocycles. The summed E-state index contributed by atoms with van der Waals surface area (Å²) in [6, 6.07) is 15.5. The van der Waals surface area contributed by atoms with Gasteiger partial charge in [0.2, 0.25) is 15.9 Å². The van der Waals surface area contributed by atoms with Crippen LogP contribution in [0.5, 0.6) is 5.75 Å². The van der Waals surface area contributed by atoms with Crippen molar-refractivity contribution in [3.05, 3.63) is 65.2 Å². The summed E-state index contributed by atoms with van der Waals surface area (Å²) in [5.74, 6) is 0.759. The van der Waals surface area contributed by atoms with E-state index >= 15 is 0 Å². The van der Waals surface area contributed by atoms with Gasteiger partial charge in [-0.15, -0.1) is 0 Å². The molecular weight excluding hydrogens is 412 g/mol. The van der Waals surface area contributed by atoms with Crippen molar-refractivity contribution in [3.63, 3.8) is 0 Å². The van der Waals surface area contributed by atoms with E-state index in [1.165, 1.54) is 9.87 Å². The molecular formula is C24H32N2O4S. The van der Waals surface area contributed by atoms with Gasteiger partial charge in [-0.1, -0.05) is 36.4 Å². The van der Waals surface area contributed by atoms with Crippen LogP contribution in [-0.2, 0) is 27.0 Å². The highest BCUT2D eigenvalue weighted by Crippen LogP contribution is 2.23. The first-order valence-corrected chi connectivity index (χ1v) is 12.4. The fraction of sp³-hybridized carbons (Fsp3) is 0.458. The third-order valence-electron chi connectivity index (χ3n) is 5.89. The molecule has 2 aromatic carbocycles. The zero-order valence-corrected chi connectivity index (χ0v) is 19.2. The van der Waals surface area contributed by atoms with E-state index < -0.39 is 10.0 Å². The van der Waals surface area contributed by atoms with E-state index in [0.29, 0.717) is 32.5 Å². The Kier molecular flexibility index (Phi) is 8.09. The standard InChI is InChI=1S/C24H32N2O4S/c1-19-7-3-4-10-22(19)18-31(28,29)26-15-12-21(13-16-26)24(27)25-14-6-9-20-8-5-11-23(17-20)30-2/h3-5,7-8,10-11,17,21H,6,9,12-16,18H2,1-2H3,(H,25,27). The first-order valence-electron chi connectivity index (χ1n) is 10.8. The monoisotopic (exact) mass is 444 g/mol. The topological polar surface area (TPSA) is 75.7 Å². The summed E-state index contributed by atoms with van der Waals surface area (Å²) in [4.78, 5) is 12.5. The van der Waals surface area contributed by atoms with Crippen molar-refractivity contribution in [2.24, 2.45) is 5.92 Å². The van der Waals surface area contributed by atoms with Gasteiger partial charge in [0.05, 0.1) is 12.9 Å². The van der Waals surface area contributed by atoms with Crippen molar-refractivity contribution in [1.82, 2.24) is 9.62 Å². The van der Waals surface area contributed by atoms with Gasteiger partial charge in [-0.3, -0.25) is 4.79 Å². The Bertz CT molecular complexity index is 983. The number of sulfonamides is 1. The van der Waals surface area contributed by atoms with Crippen molar-refractivity contribution in [3.8, 4) is 5.75 Å². The van der Waals surface area contributed by atoms with Crippen LogP contribution < -0.4 is 10.1 Å². The van der Waals surface area contributed by atoms with Crippen molar-refractivity contribution in [2.45, 2.75) is 38.4 Å². The maximum Gasteiger partial charge on any atom is 0.223 e. The SMILES string of the molecule is COc1cccc(CCCNC(=O)C2CCN(S(=O)(=O)Cc3ccccc3C)CC2)c1. The molecule has 1 aliphatic rings. The second kappa shape index (κ2) is 10.8. The van der Waals surface area contributed by atoms with Crippen LogP contribution in [-0.4, -0.2) is 45.4 Å². The second-order valence-electron chi connectivity index (χ2n) is 8.10. The fourth-order valence-corrected chi connectivity index (χ4v) is 5.60. The van der Waals surface area contributed by atoms with Gasteiger partial charge in [-0.25, -0.2) is 12.7 Å². The van der Waals surface area contributed by atoms with Gasteiger partial charge in [0.25, 0.3) is 0 Å². The molecule has 0 aromatic heterocycles. The van der Waals surface area contributed by atoms with E-state index in [2.05, 4.69) is 11.4 Å². The summed E-state index contributed by atoms with van der Waals surface area (Å²) in [5, 5.41) is 3.01. The molecule has 1 fully saturated rings. The molecule has 0 bridgehead atoms. The van der Waals surface area contributed by atoms with Crippen LogP contribution in [0.2, 0.25) is 0 Å². The van der Waals surface area contributed by atoms with Gasteiger partial charge >= 0.3 is 0 Å². The molecule has 1 amide bonds. The lowest BCUT2D eigenvalue weighted by Gasteiger charge is -2.30. The summed E-state index contributed by atoms with van der Waals surface area (Å²) in [7, 11) is -1.72. The molecule has 0 saturated carbocycles. The lowest BCUT2D eigenvalue weighted by atomic mass is 9.97. The average Bonchev–Trinajstić information content (AvgIpc) is 2.78. The van der Waals surface area contributed by atoms with Crippen LogP contribution >= 0.6 is 0 Å². The van der Waals surface area contributed by atoms with Gasteiger partial charge in [0.1, 0.15) is 5.75 Å². The molecule has 0 atom stereocenters. The highest BCUT2D eigenvalue weighted by molar-refractivity contribution is 7.88. The third kappa shape index (κ3) is 6.55. The summed E-state index contributed by atoms with van der Waals surface area (Å²) in [6.07, 6.45) is 2.85. The molecule has 31 heavy (non-hydrogen) atoms. The number of methoxy groups -OCH3 is 1. The van der Waals surface area contributed by atoms with Crippen molar-refractivity contribution in [2.75, 3.05) is 26.7 Å². The van der Waals surface area contributed by atoms with Crippen LogP contribution in [0, 0.1) is 12.8 Å². The van der Waals surface area contributed by atoms with E-state index in [9.17, 15) is 13.2 Å². The summed E-state index contributed by atoms with van der Waals surface area (Å²) < 4.78 is 32.4. The molecule has 1 N–H and O–H groups in total. The van der Waals surface area contributed by atoms with Crippen LogP contribution in [0.4, 0.5) is 0 Å². The molecule has 6 nitrogen and oxygen atoms in total. The van der Waals surface area contributed by atoms with Gasteiger partial charge in [-0.2, -0.15) is 0 Å². The number of hydrogen-bond acceptors (Lipinski definition) is 4. The number of benzene rings is 2. The molecule has 1 saturated heterocycles. The van der Waals surface area contributed by atoms with Crippen LogP contribution in [0.15, 0.2) is 48.5 Å². The highest BCUT2D eigenvalue weighted by atomic mass is 32.2. The average molecular weight is 445 g/mol. The van der Waals surface area contributed by atoms with Gasteiger partial charge in [0.15, 0.2) is 0 Å². The number of amides is 1. The number of carbonyl (C=O) groups excluding carboxylic acids is 1. The number of rotatable bonds is 9. The molecule has 0 spiro atoms. The smallest absolute Gasteiger partial charge is 0.223 e. The number of nitrogens with one attached hydrogen (secondary N) is 1. The van der Waals surface area contributed by atoms with E-state index in [4.69, 9.17) is 4.74 Å². The summed E-state index contributed by atoms with van der Waals surface area (Å²) in [5.41, 5.74) is 2.99. The molecule has 0 aliphatic carbocycles. The molecule has 3 rings (SSSR count). The largest absolute Gasteiger partial charge is 0.497 e. The number of nitrogens with zero attached hydrogens (tertiary/aromatic N) is 1. The van der Waals surface area contributed by atoms with Crippen LogP contribution in [0.25, 0.3) is 0 Å². The quantitative estimate of drug-likeness (QED) is 0.602. The van der Waals surface area contributed by atoms with Crippen molar-refractivity contribution in [1.29, 1.82) is 0 Å². The van der Waals surface area contributed by atoms with E-state index in [1.807, 2.05) is 49.4 Å². The molecule has 0 unspecified atom stereocenters. The molecule has 0 radical (unpaired) electrons. The molecule has 2 aromatic rings. The lowest BCUT2D eigenvalue weighted by molar-refractivity contribution is -0.126. The zero-order valence-electron chi connectivity index (χ0n) is 18.3. The maximum absolute atomic E-state index is 12.8. The number of ether oxygens (including phenoxy) is 1. The van der Waals surface area contributed by atoms with Crippen molar-refractivity contribution >= 4 is 15.9 Å². The Morgan fingerprint density at radius 2 is 1.87 bits per heavy atom. The van der Waals surface area contributed by atoms with Gasteiger partial charge in [-0.05, 0) is 61.4 Å². The van der Waals surface area contributed by atoms with Crippen molar-refractivity contribution < 1.29 is 17.9 Å². The molecule has 168 valence electrons. The number of aryl methyl sites for hydroxylation is 2. The number of carbonyl (C=O) groups is 1. The van der Waals surface area contributed by atoms with E-state index in [0.717, 1.165) is 29.7 Å². The predicted octanol–water partition coefficient (Wildman–Crippen LogP) is 3.29. The minimum absolute atomic E-state index is 0.0147. The minimum Gasteiger partial charge on any atom is -0.497 e. The first kappa shape index (κ1) is 23.3. The molecule has 7 heteroatoms. The summed E-state index contributed by atoms with van der Waals surface area (Å²) in [6.45, 7) is 3.34. The van der Waals surface area contributed by atoms with E-state index in [1.54, 1.807) is 7.11 Å². The Morgan fingerprint density at radius 1 is 1.13 bits per heavy atom. The Balaban J connectivity index is 1.41. The fourth-order valence-electron chi connectivity index (χ4n) is 3.93. The normalized spacial score (nSPS) is 15.5. The summed E-state index contributed by atoms with van der Waals surface area (Å²) >= 11 is 0. The number of hydrogen-bond donors (Lipinski definition) is 1. The van der Waals surface area contributed by atoms with Crippen LogP contribution in [0.1, 0.15) is 36.0 Å². The Labute approximate surface area is 185 Å². The maximum atomic E-state index is 12.8. The third-order valence-corrected chi connectivity index (χ3v) is 7.72. The zero-order chi connectivity index (χ0) is 22.3. The molecule has 1 heterocycles.